The van der Waals surface area contributed by atoms with Gasteiger partial charge in [-0.15, -0.1) is 0 Å². The zero-order chi connectivity index (χ0) is 14.1. The first kappa shape index (κ1) is 15.1. The first-order valence-electron chi connectivity index (χ1n) is 5.88. The highest BCUT2D eigenvalue weighted by Crippen LogP contribution is 2.05. The monoisotopic (exact) mass is 269 g/mol. The molecule has 0 unspecified atom stereocenters. The van der Waals surface area contributed by atoms with Crippen molar-refractivity contribution in [2.75, 3.05) is 19.8 Å². The topological polar surface area (TPSA) is 75.6 Å². The van der Waals surface area contributed by atoms with E-state index in [0.29, 0.717) is 12.8 Å². The van der Waals surface area contributed by atoms with Crippen LogP contribution in [0.1, 0.15) is 12.0 Å². The van der Waals surface area contributed by atoms with Crippen LogP contribution in [0.4, 0.5) is 4.39 Å². The number of aliphatic carboxylic acids is 1. The van der Waals surface area contributed by atoms with Gasteiger partial charge in [0, 0.05) is 13.0 Å². The molecule has 0 atom stereocenters. The predicted octanol–water partition coefficient (Wildman–Crippen LogP) is 0.976. The van der Waals surface area contributed by atoms with E-state index in [4.69, 9.17) is 9.84 Å². The van der Waals surface area contributed by atoms with Crippen molar-refractivity contribution in [3.05, 3.63) is 35.6 Å². The van der Waals surface area contributed by atoms with E-state index >= 15 is 0 Å². The summed E-state index contributed by atoms with van der Waals surface area (Å²) in [5.41, 5.74) is 0.888. The summed E-state index contributed by atoms with van der Waals surface area (Å²) in [5.74, 6) is -1.49. The van der Waals surface area contributed by atoms with Crippen LogP contribution in [-0.4, -0.2) is 36.7 Å². The number of carbonyl (C=O) groups excluding carboxylic acids is 1. The standard InChI is InChI=1S/C13H16FNO4/c14-11-4-1-10(2-5-11)3-6-12(16)15-7-8-19-9-13(17)18/h1-2,4-5H,3,6-9H2,(H,15,16)(H,17,18). The van der Waals surface area contributed by atoms with Gasteiger partial charge in [-0.3, -0.25) is 4.79 Å². The molecule has 104 valence electrons. The molecule has 2 N–H and O–H groups in total. The van der Waals surface area contributed by atoms with Crippen molar-refractivity contribution >= 4 is 11.9 Å². The van der Waals surface area contributed by atoms with Gasteiger partial charge in [0.2, 0.25) is 5.91 Å². The SMILES string of the molecule is O=C(O)COCCNC(=O)CCc1ccc(F)cc1. The van der Waals surface area contributed by atoms with Gasteiger partial charge < -0.3 is 15.2 Å². The second-order valence-electron chi connectivity index (χ2n) is 3.92. The van der Waals surface area contributed by atoms with Gasteiger partial charge in [0.25, 0.3) is 0 Å². The average molecular weight is 269 g/mol. The summed E-state index contributed by atoms with van der Waals surface area (Å²) in [6, 6.07) is 5.98. The number of halogens is 1. The Bertz CT molecular complexity index is 419. The molecule has 5 nitrogen and oxygen atoms in total. The van der Waals surface area contributed by atoms with Crippen LogP contribution in [0.5, 0.6) is 0 Å². The van der Waals surface area contributed by atoms with Crippen LogP contribution in [0.25, 0.3) is 0 Å². The molecule has 0 aromatic heterocycles. The van der Waals surface area contributed by atoms with E-state index < -0.39 is 5.97 Å². The zero-order valence-corrected chi connectivity index (χ0v) is 10.4. The minimum Gasteiger partial charge on any atom is -0.480 e. The van der Waals surface area contributed by atoms with Crippen molar-refractivity contribution in [3.63, 3.8) is 0 Å². The van der Waals surface area contributed by atoms with Crippen LogP contribution in [0.15, 0.2) is 24.3 Å². The predicted molar refractivity (Wildman–Crippen MR) is 66.2 cm³/mol. The molecule has 0 aliphatic rings. The minimum absolute atomic E-state index is 0.150. The fourth-order valence-corrected chi connectivity index (χ4v) is 1.42. The van der Waals surface area contributed by atoms with Gasteiger partial charge in [-0.05, 0) is 24.1 Å². The van der Waals surface area contributed by atoms with Crippen LogP contribution in [-0.2, 0) is 20.7 Å². The summed E-state index contributed by atoms with van der Waals surface area (Å²) in [4.78, 5) is 21.6. The molecule has 0 saturated heterocycles. The number of rotatable bonds is 8. The summed E-state index contributed by atoms with van der Waals surface area (Å²) in [6.07, 6.45) is 0.826. The molecule has 0 bridgehead atoms. The van der Waals surface area contributed by atoms with Gasteiger partial charge in [0.15, 0.2) is 0 Å². The lowest BCUT2D eigenvalue weighted by atomic mass is 10.1. The highest BCUT2D eigenvalue weighted by Gasteiger charge is 2.02. The van der Waals surface area contributed by atoms with Gasteiger partial charge in [-0.1, -0.05) is 12.1 Å². The third-order valence-electron chi connectivity index (χ3n) is 2.35. The lowest BCUT2D eigenvalue weighted by molar-refractivity contribution is -0.142. The Morgan fingerprint density at radius 1 is 1.26 bits per heavy atom. The van der Waals surface area contributed by atoms with Crippen LogP contribution in [0, 0.1) is 5.82 Å². The number of nitrogens with one attached hydrogen (secondary N) is 1. The van der Waals surface area contributed by atoms with Gasteiger partial charge in [-0.2, -0.15) is 0 Å². The third kappa shape index (κ3) is 7.15. The van der Waals surface area contributed by atoms with Gasteiger partial charge in [0.1, 0.15) is 12.4 Å². The Balaban J connectivity index is 2.11. The number of benzene rings is 1. The Hall–Kier alpha value is -1.95. The summed E-state index contributed by atoms with van der Waals surface area (Å²) in [7, 11) is 0. The number of carboxylic acids is 1. The zero-order valence-electron chi connectivity index (χ0n) is 10.4. The maximum Gasteiger partial charge on any atom is 0.329 e. The lowest BCUT2D eigenvalue weighted by Gasteiger charge is -2.05. The first-order valence-corrected chi connectivity index (χ1v) is 5.88. The molecule has 0 radical (unpaired) electrons. The Morgan fingerprint density at radius 3 is 2.58 bits per heavy atom. The molecule has 1 rings (SSSR count). The van der Waals surface area contributed by atoms with E-state index in [9.17, 15) is 14.0 Å². The number of amides is 1. The number of ether oxygens (including phenoxy) is 1. The molecule has 0 aliphatic heterocycles. The molecule has 0 fully saturated rings. The molecule has 0 saturated carbocycles. The summed E-state index contributed by atoms with van der Waals surface area (Å²) in [6.45, 7) is 0.0650. The van der Waals surface area contributed by atoms with Crippen LogP contribution < -0.4 is 5.32 Å². The van der Waals surface area contributed by atoms with Crippen LogP contribution >= 0.6 is 0 Å². The van der Waals surface area contributed by atoms with Gasteiger partial charge in [-0.25, -0.2) is 9.18 Å². The van der Waals surface area contributed by atoms with Crippen molar-refractivity contribution in [2.24, 2.45) is 0 Å². The molecule has 1 aromatic carbocycles. The maximum absolute atomic E-state index is 12.6. The maximum atomic E-state index is 12.6. The highest BCUT2D eigenvalue weighted by molar-refractivity contribution is 5.76. The number of hydrogen-bond donors (Lipinski definition) is 2. The summed E-state index contributed by atoms with van der Waals surface area (Å²) < 4.78 is 17.4. The van der Waals surface area contributed by atoms with E-state index in [1.54, 1.807) is 12.1 Å². The molecule has 1 aromatic rings. The normalized spacial score (nSPS) is 10.2. The molecule has 0 heterocycles. The van der Waals surface area contributed by atoms with E-state index in [-0.39, 0.29) is 31.5 Å². The number of carbonyl (C=O) groups is 2. The Labute approximate surface area is 110 Å². The Kier molecular flexibility index (Phi) is 6.52. The van der Waals surface area contributed by atoms with Crippen molar-refractivity contribution in [1.82, 2.24) is 5.32 Å². The third-order valence-corrected chi connectivity index (χ3v) is 2.35. The average Bonchev–Trinajstić information content (AvgIpc) is 2.37. The van der Waals surface area contributed by atoms with Gasteiger partial charge in [0.05, 0.1) is 6.61 Å². The van der Waals surface area contributed by atoms with Crippen LogP contribution in [0.2, 0.25) is 0 Å². The van der Waals surface area contributed by atoms with E-state index in [2.05, 4.69) is 5.32 Å². The van der Waals surface area contributed by atoms with Crippen LogP contribution in [0.3, 0.4) is 0 Å². The number of carboxylic acid groups (broad SMARTS) is 1. The molecule has 0 aliphatic carbocycles. The molecule has 0 spiro atoms. The number of hydrogen-bond acceptors (Lipinski definition) is 3. The fourth-order valence-electron chi connectivity index (χ4n) is 1.42. The number of aryl methyl sites for hydroxylation is 1. The van der Waals surface area contributed by atoms with Crippen molar-refractivity contribution in [1.29, 1.82) is 0 Å². The lowest BCUT2D eigenvalue weighted by Crippen LogP contribution is -2.28. The second kappa shape index (κ2) is 8.20. The fraction of sp³-hybridized carbons (Fsp3) is 0.385. The molecule has 19 heavy (non-hydrogen) atoms. The van der Waals surface area contributed by atoms with E-state index in [1.165, 1.54) is 12.1 Å². The van der Waals surface area contributed by atoms with E-state index in [1.807, 2.05) is 0 Å². The van der Waals surface area contributed by atoms with Crippen molar-refractivity contribution < 1.29 is 23.8 Å². The Morgan fingerprint density at radius 2 is 1.95 bits per heavy atom. The molecular formula is C13H16FNO4. The first-order chi connectivity index (χ1) is 9.08. The summed E-state index contributed by atoms with van der Waals surface area (Å²) >= 11 is 0. The molecule has 1 amide bonds. The summed E-state index contributed by atoms with van der Waals surface area (Å²) in [5, 5.41) is 10.9. The van der Waals surface area contributed by atoms with Gasteiger partial charge >= 0.3 is 5.97 Å². The second-order valence-corrected chi connectivity index (χ2v) is 3.92. The minimum atomic E-state index is -1.04. The molecule has 6 heteroatoms. The van der Waals surface area contributed by atoms with Crippen molar-refractivity contribution in [2.45, 2.75) is 12.8 Å². The largest absolute Gasteiger partial charge is 0.480 e. The smallest absolute Gasteiger partial charge is 0.329 e. The quantitative estimate of drug-likeness (QED) is 0.690. The molecular weight excluding hydrogens is 253 g/mol. The van der Waals surface area contributed by atoms with E-state index in [0.717, 1.165) is 5.56 Å². The van der Waals surface area contributed by atoms with Crippen molar-refractivity contribution in [3.8, 4) is 0 Å². The highest BCUT2D eigenvalue weighted by atomic mass is 19.1.